The van der Waals surface area contributed by atoms with Gasteiger partial charge in [0.15, 0.2) is 18.9 Å². The molecule has 0 aromatic rings. The summed E-state index contributed by atoms with van der Waals surface area (Å²) in [4.78, 5) is 37.7. The Morgan fingerprint density at radius 3 is 0.988 bits per heavy atom. The maximum absolute atomic E-state index is 12.6. The van der Waals surface area contributed by atoms with Crippen LogP contribution in [-0.4, -0.2) is 219 Å². The maximum atomic E-state index is 12.6. The fraction of sp³-hybridized carbons (Fsp3) is 0.951. The summed E-state index contributed by atoms with van der Waals surface area (Å²) >= 11 is 0. The number of hydrogen-bond donors (Lipinski definition) is 4. The second-order valence-corrected chi connectivity index (χ2v) is 23.2. The van der Waals surface area contributed by atoms with E-state index in [0.29, 0.717) is 172 Å². The first-order valence-corrected chi connectivity index (χ1v) is 31.6. The summed E-state index contributed by atoms with van der Waals surface area (Å²) in [5, 5.41) is 8.46. The van der Waals surface area contributed by atoms with Gasteiger partial charge in [-0.15, -0.1) is 0 Å². The highest BCUT2D eigenvalue weighted by Gasteiger charge is 2.41. The van der Waals surface area contributed by atoms with E-state index in [0.717, 1.165) is 19.3 Å². The summed E-state index contributed by atoms with van der Waals surface area (Å²) in [7, 11) is 0. The Balaban J connectivity index is 1.26. The van der Waals surface area contributed by atoms with Gasteiger partial charge in [-0.05, 0) is 61.2 Å². The van der Waals surface area contributed by atoms with E-state index in [1.54, 1.807) is 0 Å². The molecule has 3 aliphatic rings. The van der Waals surface area contributed by atoms with Crippen molar-refractivity contribution in [2.75, 3.05) is 158 Å². The number of nitrogens with two attached hydrogens (primary N) is 1. The zero-order valence-electron chi connectivity index (χ0n) is 53.3. The zero-order valence-corrected chi connectivity index (χ0v) is 53.3. The number of carbonyl (C=O) groups is 3. The monoisotopic (exact) mass is 1190 g/mol. The Labute approximate surface area is 499 Å². The third-order valence-electron chi connectivity index (χ3n) is 17.2. The molecule has 15 atom stereocenters. The minimum atomic E-state index is -1.04. The van der Waals surface area contributed by atoms with E-state index in [2.05, 4.69) is 99.0 Å². The Kier molecular flexibility index (Phi) is 40.0. The Morgan fingerprint density at radius 1 is 0.361 bits per heavy atom. The molecule has 0 aliphatic carbocycles. The summed E-state index contributed by atoms with van der Waals surface area (Å²) in [5.74, 6) is 3.29. The molecule has 0 spiro atoms. The average molecular weight is 1190 g/mol. The summed E-state index contributed by atoms with van der Waals surface area (Å²) in [5.41, 5.74) is 5.73. The lowest BCUT2D eigenvalue weighted by atomic mass is 9.78. The third kappa shape index (κ3) is 30.0. The number of nitrogens with one attached hydrogen (secondary N) is 3. The van der Waals surface area contributed by atoms with E-state index in [1.807, 2.05) is 0 Å². The smallest absolute Gasteiger partial charge is 0.246 e. The molecule has 5 N–H and O–H groups in total. The second kappa shape index (κ2) is 44.2. The zero-order chi connectivity index (χ0) is 60.8. The molecule has 6 unspecified atom stereocenters. The maximum Gasteiger partial charge on any atom is 0.246 e. The van der Waals surface area contributed by atoms with Crippen LogP contribution in [0.3, 0.4) is 0 Å². The fourth-order valence-electron chi connectivity index (χ4n) is 10.6. The van der Waals surface area contributed by atoms with Gasteiger partial charge in [0, 0.05) is 56.8 Å². The van der Waals surface area contributed by atoms with Crippen molar-refractivity contribution in [3.05, 3.63) is 0 Å². The van der Waals surface area contributed by atoms with Gasteiger partial charge in [-0.25, -0.2) is 0 Å². The predicted octanol–water partition coefficient (Wildman–Crippen LogP) is 5.53. The molecule has 488 valence electrons. The van der Waals surface area contributed by atoms with Crippen molar-refractivity contribution in [3.8, 4) is 0 Å². The van der Waals surface area contributed by atoms with E-state index < -0.39 is 5.54 Å². The SMILES string of the molecule is CCC1O[C@H](OCCOCCOCCNC(=O)CCOCC(N)(CCOCC(=O)NCCOCCOCCO[C@H]2OC(CC)[C@@H](C)[C@H](C)C2C)COCCC(=O)NCCOCCOCCO[C@H]2OC(CC)[C@@H](C)[C@H](C)C2C)C(C)[C@@H](C)[C@@H]1C. The third-order valence-corrected chi connectivity index (χ3v) is 17.2. The summed E-state index contributed by atoms with van der Waals surface area (Å²) < 4.78 is 88.0. The van der Waals surface area contributed by atoms with Crippen LogP contribution in [0.4, 0.5) is 0 Å². The number of amides is 3. The van der Waals surface area contributed by atoms with Gasteiger partial charge in [0.1, 0.15) is 6.61 Å². The lowest BCUT2D eigenvalue weighted by Gasteiger charge is -2.43. The molecule has 0 aromatic carbocycles. The Morgan fingerprint density at radius 2 is 0.663 bits per heavy atom. The van der Waals surface area contributed by atoms with E-state index in [-0.39, 0.29) is 114 Å². The number of ether oxygens (including phenoxy) is 15. The molecule has 3 saturated heterocycles. The lowest BCUT2D eigenvalue weighted by Crippen LogP contribution is -2.50. The molecular formula is C61H116N4O18. The van der Waals surface area contributed by atoms with Crippen molar-refractivity contribution in [2.24, 2.45) is 59.0 Å². The number of carbonyl (C=O) groups excluding carboxylic acids is 3. The topological polar surface area (TPSA) is 252 Å². The lowest BCUT2D eigenvalue weighted by molar-refractivity contribution is -0.251. The van der Waals surface area contributed by atoms with Gasteiger partial charge in [-0.3, -0.25) is 14.4 Å². The normalized spacial score (nSPS) is 29.1. The van der Waals surface area contributed by atoms with Crippen LogP contribution in [-0.2, 0) is 85.4 Å². The summed E-state index contributed by atoms with van der Waals surface area (Å²) in [6.07, 6.45) is 3.33. The minimum Gasteiger partial charge on any atom is -0.379 e. The highest BCUT2D eigenvalue weighted by Crippen LogP contribution is 2.39. The van der Waals surface area contributed by atoms with Crippen LogP contribution in [0.25, 0.3) is 0 Å². The van der Waals surface area contributed by atoms with E-state index >= 15 is 0 Å². The van der Waals surface area contributed by atoms with Gasteiger partial charge in [0.2, 0.25) is 17.7 Å². The van der Waals surface area contributed by atoms with Crippen molar-refractivity contribution in [2.45, 2.75) is 164 Å². The molecular weight excluding hydrogens is 1080 g/mol. The standard InChI is InChI=1S/C61H116N4O18/c1-13-52-46(7)43(4)49(10)58(81-52)78-37-34-72-31-28-69-25-19-63-55(66)16-22-76-41-61(62,18-24-75-40-57(68)65-21-27-71-30-33-74-36-39-80-60-51(12)45(6)48(9)54(15-3)83-60)42-77-23-17-56(67)64-20-26-70-29-32-73-35-38-79-59-50(11)44(5)47(8)53(14-2)82-59/h43-54,58-60H,13-42,62H2,1-12H3,(H,63,66)(H,64,67)(H,65,68)/t43-,44-,45-,46-,47-,48-,49?,50?,51?,52?,53?,54?,58-,59-,60-,61?/m0/s1. The Hall–Kier alpha value is -2.23. The molecule has 3 fully saturated rings. The highest BCUT2D eigenvalue weighted by atomic mass is 16.7. The summed E-state index contributed by atoms with van der Waals surface area (Å²) in [6.45, 7) is 33.8. The molecule has 0 bridgehead atoms. The molecule has 3 aliphatic heterocycles. The van der Waals surface area contributed by atoms with Crippen molar-refractivity contribution < 1.29 is 85.4 Å². The highest BCUT2D eigenvalue weighted by molar-refractivity contribution is 5.77. The quantitative estimate of drug-likeness (QED) is 0.0547. The van der Waals surface area contributed by atoms with Crippen LogP contribution in [0.2, 0.25) is 0 Å². The van der Waals surface area contributed by atoms with Crippen molar-refractivity contribution in [1.29, 1.82) is 0 Å². The molecule has 0 radical (unpaired) electrons. The van der Waals surface area contributed by atoms with Crippen LogP contribution in [0.1, 0.15) is 122 Å². The first-order valence-electron chi connectivity index (χ1n) is 31.6. The van der Waals surface area contributed by atoms with Crippen LogP contribution in [0, 0.1) is 53.3 Å². The molecule has 3 rings (SSSR count). The summed E-state index contributed by atoms with van der Waals surface area (Å²) in [6, 6.07) is 0. The predicted molar refractivity (Wildman–Crippen MR) is 314 cm³/mol. The second-order valence-electron chi connectivity index (χ2n) is 23.2. The first-order chi connectivity index (χ1) is 40.0. The number of hydrogen-bond acceptors (Lipinski definition) is 19. The van der Waals surface area contributed by atoms with Gasteiger partial charge < -0.3 is 92.7 Å². The molecule has 22 nitrogen and oxygen atoms in total. The Bertz CT molecular complexity index is 1490. The van der Waals surface area contributed by atoms with E-state index in [9.17, 15) is 14.4 Å². The van der Waals surface area contributed by atoms with Crippen molar-refractivity contribution >= 4 is 17.7 Å². The molecule has 83 heavy (non-hydrogen) atoms. The van der Waals surface area contributed by atoms with Crippen LogP contribution >= 0.6 is 0 Å². The molecule has 3 amide bonds. The van der Waals surface area contributed by atoms with Gasteiger partial charge in [-0.1, -0.05) is 83.1 Å². The molecule has 0 saturated carbocycles. The number of rotatable bonds is 48. The van der Waals surface area contributed by atoms with Crippen LogP contribution < -0.4 is 21.7 Å². The van der Waals surface area contributed by atoms with Crippen LogP contribution in [0.5, 0.6) is 0 Å². The first kappa shape index (κ1) is 75.0. The molecule has 0 aromatic heterocycles. The molecule has 3 heterocycles. The van der Waals surface area contributed by atoms with E-state index in [4.69, 9.17) is 76.8 Å². The van der Waals surface area contributed by atoms with Gasteiger partial charge in [0.05, 0.1) is 149 Å². The van der Waals surface area contributed by atoms with Gasteiger partial charge >= 0.3 is 0 Å². The van der Waals surface area contributed by atoms with E-state index in [1.165, 1.54) is 0 Å². The van der Waals surface area contributed by atoms with Crippen LogP contribution in [0.15, 0.2) is 0 Å². The van der Waals surface area contributed by atoms with Gasteiger partial charge in [-0.2, -0.15) is 0 Å². The van der Waals surface area contributed by atoms with Crippen molar-refractivity contribution in [3.63, 3.8) is 0 Å². The fourth-order valence-corrected chi connectivity index (χ4v) is 10.6. The molecule has 22 heteroatoms. The van der Waals surface area contributed by atoms with Gasteiger partial charge in [0.25, 0.3) is 0 Å². The average Bonchev–Trinajstić information content (AvgIpc) is 3.56. The van der Waals surface area contributed by atoms with Crippen molar-refractivity contribution in [1.82, 2.24) is 16.0 Å². The minimum absolute atomic E-state index is 0.0426. The largest absolute Gasteiger partial charge is 0.379 e.